The summed E-state index contributed by atoms with van der Waals surface area (Å²) < 4.78 is 0. The minimum Gasteiger partial charge on any atom is -0.233 e. The van der Waals surface area contributed by atoms with Gasteiger partial charge in [0.15, 0.2) is 5.50 Å². The van der Waals surface area contributed by atoms with E-state index in [4.69, 9.17) is 40.1 Å². The molecule has 11 heavy (non-hydrogen) atoms. The number of nitriles is 1. The molecule has 6 heteroatoms. The van der Waals surface area contributed by atoms with Gasteiger partial charge in [-0.2, -0.15) is 5.26 Å². The van der Waals surface area contributed by atoms with Crippen LogP contribution in [0.4, 0.5) is 0 Å². The van der Waals surface area contributed by atoms with Crippen LogP contribution in [0.1, 0.15) is 0 Å². The summed E-state index contributed by atoms with van der Waals surface area (Å²) in [5.74, 6) is 0. The van der Waals surface area contributed by atoms with Gasteiger partial charge in [-0.15, -0.1) is 0 Å². The summed E-state index contributed by atoms with van der Waals surface area (Å²) in [5.41, 5.74) is -0.876. The van der Waals surface area contributed by atoms with Crippen LogP contribution in [-0.2, 0) is 0 Å². The number of amidine groups is 1. The van der Waals surface area contributed by atoms with E-state index in [0.717, 1.165) is 0 Å². The Bertz CT molecular complexity index is 267. The third kappa shape index (κ3) is 1.64. The molecule has 0 N–H and O–H groups in total. The molecule has 58 valence electrons. The molecule has 0 saturated carbocycles. The third-order valence-corrected chi connectivity index (χ3v) is 2.23. The average Bonchev–Trinajstić information content (AvgIpc) is 1.98. The number of alkyl halides is 2. The van der Waals surface area contributed by atoms with Gasteiger partial charge in [0.2, 0.25) is 10.2 Å². The minimum absolute atomic E-state index is 0.0107. The van der Waals surface area contributed by atoms with Crippen molar-refractivity contribution in [1.82, 2.24) is 0 Å². The van der Waals surface area contributed by atoms with Crippen LogP contribution in [-0.4, -0.2) is 21.9 Å². The number of rotatable bonds is 0. The highest BCUT2D eigenvalue weighted by molar-refractivity contribution is 6.66. The van der Waals surface area contributed by atoms with Gasteiger partial charge in [0.1, 0.15) is 0 Å². The van der Waals surface area contributed by atoms with Crippen molar-refractivity contribution < 1.29 is 0 Å². The second-order valence-corrected chi connectivity index (χ2v) is 3.25. The Morgan fingerprint density at radius 1 is 1.73 bits per heavy atom. The van der Waals surface area contributed by atoms with Crippen LogP contribution in [0.15, 0.2) is 9.98 Å². The van der Waals surface area contributed by atoms with Gasteiger partial charge in [0.25, 0.3) is 0 Å². The molecule has 0 aromatic heterocycles. The highest BCUT2D eigenvalue weighted by Crippen LogP contribution is 2.26. The molecule has 0 radical (unpaired) electrons. The first kappa shape index (κ1) is 8.79. The Labute approximate surface area is 78.3 Å². The first-order valence-corrected chi connectivity index (χ1v) is 3.80. The van der Waals surface area contributed by atoms with Crippen molar-refractivity contribution in [3.8, 4) is 6.07 Å². The fourth-order valence-electron chi connectivity index (χ4n) is 0.512. The molecule has 0 amide bonds. The standard InChI is InChI=1S/C5H2Cl3N3/c6-3-5(8,1-9)2-10-4(7)11-3/h2-3H. The molecule has 1 aliphatic rings. The number of aliphatic imine (C=N–C) groups is 2. The highest BCUT2D eigenvalue weighted by atomic mass is 35.5. The number of nitrogens with zero attached hydrogens (tertiary/aromatic N) is 3. The Kier molecular flexibility index (Phi) is 2.38. The van der Waals surface area contributed by atoms with Gasteiger partial charge in [0, 0.05) is 6.21 Å². The summed E-state index contributed by atoms with van der Waals surface area (Å²) >= 11 is 16.7. The van der Waals surface area contributed by atoms with E-state index >= 15 is 0 Å². The van der Waals surface area contributed by atoms with Crippen LogP contribution in [0.3, 0.4) is 0 Å². The van der Waals surface area contributed by atoms with E-state index in [2.05, 4.69) is 9.98 Å². The van der Waals surface area contributed by atoms with E-state index in [1.54, 1.807) is 6.07 Å². The van der Waals surface area contributed by atoms with Crippen molar-refractivity contribution >= 4 is 46.3 Å². The zero-order valence-electron chi connectivity index (χ0n) is 5.13. The largest absolute Gasteiger partial charge is 0.233 e. The SMILES string of the molecule is N#CC1(Cl)C=NC(Cl)=NC1Cl. The molecule has 1 aliphatic heterocycles. The van der Waals surface area contributed by atoms with Crippen molar-refractivity contribution in [2.24, 2.45) is 9.98 Å². The molecular formula is C5H2Cl3N3. The normalized spacial score (nSPS) is 36.2. The molecule has 0 fully saturated rings. The summed E-state index contributed by atoms with van der Waals surface area (Å²) in [6.45, 7) is 0. The van der Waals surface area contributed by atoms with Crippen LogP contribution in [0.25, 0.3) is 0 Å². The molecule has 0 aromatic rings. The molecule has 0 spiro atoms. The van der Waals surface area contributed by atoms with Crippen LogP contribution in [0.5, 0.6) is 0 Å². The van der Waals surface area contributed by atoms with E-state index in [0.29, 0.717) is 0 Å². The van der Waals surface area contributed by atoms with E-state index < -0.39 is 10.4 Å². The molecule has 1 heterocycles. The summed E-state index contributed by atoms with van der Waals surface area (Å²) in [6.07, 6.45) is 1.18. The number of hydrogen-bond donors (Lipinski definition) is 0. The molecule has 3 nitrogen and oxygen atoms in total. The number of halogens is 3. The summed E-state index contributed by atoms with van der Waals surface area (Å²) in [5, 5.41) is 8.55. The van der Waals surface area contributed by atoms with Gasteiger partial charge < -0.3 is 0 Å². The molecule has 2 atom stereocenters. The first-order valence-electron chi connectivity index (χ1n) is 2.61. The number of hydrogen-bond acceptors (Lipinski definition) is 3. The molecule has 1 rings (SSSR count). The van der Waals surface area contributed by atoms with Crippen LogP contribution < -0.4 is 0 Å². The van der Waals surface area contributed by atoms with Crippen molar-refractivity contribution in [1.29, 1.82) is 5.26 Å². The van der Waals surface area contributed by atoms with Gasteiger partial charge in [0.05, 0.1) is 6.07 Å². The van der Waals surface area contributed by atoms with Gasteiger partial charge >= 0.3 is 0 Å². The van der Waals surface area contributed by atoms with Crippen molar-refractivity contribution in [2.75, 3.05) is 0 Å². The Morgan fingerprint density at radius 2 is 2.36 bits per heavy atom. The van der Waals surface area contributed by atoms with Crippen molar-refractivity contribution in [2.45, 2.75) is 10.4 Å². The second-order valence-electron chi connectivity index (χ2n) is 1.87. The fraction of sp³-hybridized carbons (Fsp3) is 0.400. The first-order chi connectivity index (χ1) is 5.08. The zero-order valence-corrected chi connectivity index (χ0v) is 7.40. The zero-order chi connectivity index (χ0) is 8.48. The summed E-state index contributed by atoms with van der Waals surface area (Å²) in [4.78, 5) is 5.80. The van der Waals surface area contributed by atoms with E-state index in [1.165, 1.54) is 6.21 Å². The van der Waals surface area contributed by atoms with Gasteiger partial charge in [-0.25, -0.2) is 9.98 Å². The minimum atomic E-state index is -1.36. The molecule has 0 saturated heterocycles. The van der Waals surface area contributed by atoms with Crippen molar-refractivity contribution in [3.05, 3.63) is 0 Å². The summed E-state index contributed by atoms with van der Waals surface area (Å²) in [7, 11) is 0. The van der Waals surface area contributed by atoms with E-state index in [9.17, 15) is 0 Å². The molecule has 0 aliphatic carbocycles. The Hall–Kier alpha value is -0.300. The second kappa shape index (κ2) is 2.98. The maximum atomic E-state index is 8.54. The van der Waals surface area contributed by atoms with Crippen LogP contribution in [0.2, 0.25) is 0 Å². The third-order valence-electron chi connectivity index (χ3n) is 1.10. The quantitative estimate of drug-likeness (QED) is 0.444. The van der Waals surface area contributed by atoms with Crippen LogP contribution >= 0.6 is 34.8 Å². The lowest BCUT2D eigenvalue weighted by molar-refractivity contribution is 0.845. The molecule has 0 aromatic carbocycles. The topological polar surface area (TPSA) is 48.5 Å². The summed E-state index contributed by atoms with van der Waals surface area (Å²) in [6, 6.07) is 1.77. The predicted octanol–water partition coefficient (Wildman–Crippen LogP) is 1.73. The molecule has 0 bridgehead atoms. The Morgan fingerprint density at radius 3 is 2.82 bits per heavy atom. The predicted molar refractivity (Wildman–Crippen MR) is 45.6 cm³/mol. The van der Waals surface area contributed by atoms with Crippen LogP contribution in [0, 0.1) is 11.3 Å². The lowest BCUT2D eigenvalue weighted by Gasteiger charge is -2.19. The van der Waals surface area contributed by atoms with E-state index in [-0.39, 0.29) is 5.29 Å². The van der Waals surface area contributed by atoms with Crippen molar-refractivity contribution in [3.63, 3.8) is 0 Å². The van der Waals surface area contributed by atoms with Gasteiger partial charge in [-0.3, -0.25) is 0 Å². The molecule has 2 unspecified atom stereocenters. The Balaban J connectivity index is 2.95. The maximum absolute atomic E-state index is 8.54. The van der Waals surface area contributed by atoms with Gasteiger partial charge in [-0.05, 0) is 11.6 Å². The molecular weight excluding hydrogens is 208 g/mol. The lowest BCUT2D eigenvalue weighted by Crippen LogP contribution is -2.34. The monoisotopic (exact) mass is 209 g/mol. The fourth-order valence-corrected chi connectivity index (χ4v) is 1.00. The lowest BCUT2D eigenvalue weighted by atomic mass is 10.2. The maximum Gasteiger partial charge on any atom is 0.219 e. The highest BCUT2D eigenvalue weighted by Gasteiger charge is 2.37. The van der Waals surface area contributed by atoms with E-state index in [1.807, 2.05) is 0 Å². The van der Waals surface area contributed by atoms with Gasteiger partial charge in [-0.1, -0.05) is 23.2 Å². The average molecular weight is 210 g/mol. The smallest absolute Gasteiger partial charge is 0.219 e.